The summed E-state index contributed by atoms with van der Waals surface area (Å²) in [5.74, 6) is 0.541. The van der Waals surface area contributed by atoms with Crippen molar-refractivity contribution in [3.05, 3.63) is 12.2 Å². The summed E-state index contributed by atoms with van der Waals surface area (Å²) in [6.07, 6.45) is 8.72. The average molecular weight is 206 g/mol. The maximum Gasteiger partial charge on any atom is 0.147 e. The molecule has 1 aliphatic carbocycles. The summed E-state index contributed by atoms with van der Waals surface area (Å²) in [5.41, 5.74) is -0.534. The zero-order valence-electron chi connectivity index (χ0n) is 9.45. The van der Waals surface area contributed by atoms with E-state index in [1.54, 1.807) is 0 Å². The van der Waals surface area contributed by atoms with E-state index in [0.29, 0.717) is 5.78 Å². The van der Waals surface area contributed by atoms with Crippen molar-refractivity contribution in [2.45, 2.75) is 51.2 Å². The van der Waals surface area contributed by atoms with Gasteiger partial charge in [0, 0.05) is 0 Å². The number of carbonyl (C=O) groups is 1. The molecule has 2 nitrogen and oxygen atoms in total. The van der Waals surface area contributed by atoms with Crippen LogP contribution in [-0.4, -0.2) is 17.5 Å². The Hall–Kier alpha value is -0.630. The number of Topliss-reactive ketones (excluding diaryl/α,β-unsaturated/α-hetero) is 1. The van der Waals surface area contributed by atoms with E-state index in [4.69, 9.17) is 4.74 Å². The molecule has 15 heavy (non-hydrogen) atoms. The molecule has 2 heteroatoms. The molecule has 2 heterocycles. The van der Waals surface area contributed by atoms with Crippen LogP contribution < -0.4 is 0 Å². The normalized spacial score (nSPS) is 46.7. The fraction of sp³-hybridized carbons (Fsp3) is 0.769. The third-order valence-electron chi connectivity index (χ3n) is 4.46. The number of hydrogen-bond donors (Lipinski definition) is 0. The van der Waals surface area contributed by atoms with E-state index in [1.165, 1.54) is 12.8 Å². The van der Waals surface area contributed by atoms with Crippen LogP contribution in [0.3, 0.4) is 0 Å². The van der Waals surface area contributed by atoms with Crippen LogP contribution in [0.5, 0.6) is 0 Å². The van der Waals surface area contributed by atoms with Crippen molar-refractivity contribution in [3.8, 4) is 0 Å². The molecule has 0 radical (unpaired) electrons. The van der Waals surface area contributed by atoms with E-state index >= 15 is 0 Å². The van der Waals surface area contributed by atoms with Gasteiger partial charge in [-0.25, -0.2) is 0 Å². The molecule has 1 spiro atoms. The smallest absolute Gasteiger partial charge is 0.147 e. The molecule has 2 fully saturated rings. The molecule has 82 valence electrons. The monoisotopic (exact) mass is 206 g/mol. The SMILES string of the molecule is CC1(C)C(=O)[C@H]2CCCC[C@@]23C=C[C@@H]1O3. The first-order valence-corrected chi connectivity index (χ1v) is 5.98. The highest BCUT2D eigenvalue weighted by Gasteiger charge is 2.58. The molecule has 3 rings (SSSR count). The number of rotatable bonds is 0. The summed E-state index contributed by atoms with van der Waals surface area (Å²) in [5, 5.41) is 0. The van der Waals surface area contributed by atoms with E-state index in [0.717, 1.165) is 12.8 Å². The van der Waals surface area contributed by atoms with Crippen LogP contribution in [0.15, 0.2) is 12.2 Å². The van der Waals surface area contributed by atoms with Crippen molar-refractivity contribution >= 4 is 5.78 Å². The molecule has 1 saturated carbocycles. The molecule has 0 amide bonds. The molecule has 0 aromatic rings. The van der Waals surface area contributed by atoms with Crippen molar-refractivity contribution < 1.29 is 9.53 Å². The van der Waals surface area contributed by atoms with Crippen molar-refractivity contribution in [1.82, 2.24) is 0 Å². The second-order valence-corrected chi connectivity index (χ2v) is 5.74. The molecular weight excluding hydrogens is 188 g/mol. The van der Waals surface area contributed by atoms with E-state index in [2.05, 4.69) is 12.2 Å². The summed E-state index contributed by atoms with van der Waals surface area (Å²) in [6, 6.07) is 0. The lowest BCUT2D eigenvalue weighted by Crippen LogP contribution is -2.56. The molecule has 0 unspecified atom stereocenters. The Kier molecular flexibility index (Phi) is 1.75. The van der Waals surface area contributed by atoms with Gasteiger partial charge in [0.2, 0.25) is 0 Å². The van der Waals surface area contributed by atoms with Gasteiger partial charge >= 0.3 is 0 Å². The fourth-order valence-electron chi connectivity index (χ4n) is 3.40. The standard InChI is InChI=1S/C13H18O2/c1-12(2)10-6-8-13(15-10)7-4-3-5-9(13)11(12)14/h6,8-10H,3-5,7H2,1-2H3/t9-,10+,13-/m1/s1. The van der Waals surface area contributed by atoms with E-state index < -0.39 is 0 Å². The Morgan fingerprint density at radius 2 is 2.20 bits per heavy atom. The highest BCUT2D eigenvalue weighted by atomic mass is 16.5. The maximum absolute atomic E-state index is 12.4. The summed E-state index contributed by atoms with van der Waals surface area (Å²) >= 11 is 0. The topological polar surface area (TPSA) is 26.3 Å². The lowest BCUT2D eigenvalue weighted by molar-refractivity contribution is -0.181. The van der Waals surface area contributed by atoms with Gasteiger partial charge < -0.3 is 4.74 Å². The Balaban J connectivity index is 2.05. The van der Waals surface area contributed by atoms with Crippen LogP contribution in [0.2, 0.25) is 0 Å². The predicted molar refractivity (Wildman–Crippen MR) is 57.5 cm³/mol. The summed E-state index contributed by atoms with van der Waals surface area (Å²) in [4.78, 5) is 12.4. The predicted octanol–water partition coefficient (Wildman–Crippen LogP) is 2.48. The number of ether oxygens (including phenoxy) is 1. The largest absolute Gasteiger partial charge is 0.362 e. The molecule has 0 aromatic heterocycles. The molecule has 3 aliphatic rings. The van der Waals surface area contributed by atoms with Crippen molar-refractivity contribution in [2.24, 2.45) is 11.3 Å². The van der Waals surface area contributed by atoms with Crippen LogP contribution in [0.1, 0.15) is 39.5 Å². The minimum Gasteiger partial charge on any atom is -0.362 e. The molecule has 0 N–H and O–H groups in total. The molecule has 2 aliphatic heterocycles. The van der Waals surface area contributed by atoms with Crippen LogP contribution in [0.4, 0.5) is 0 Å². The van der Waals surface area contributed by atoms with Crippen LogP contribution in [0, 0.1) is 11.3 Å². The number of ketones is 1. The average Bonchev–Trinajstić information content (AvgIpc) is 2.60. The first kappa shape index (κ1) is 9.59. The quantitative estimate of drug-likeness (QED) is 0.569. The lowest BCUT2D eigenvalue weighted by Gasteiger charge is -2.48. The van der Waals surface area contributed by atoms with E-state index in [9.17, 15) is 4.79 Å². The molecule has 2 bridgehead atoms. The number of hydrogen-bond acceptors (Lipinski definition) is 2. The zero-order valence-corrected chi connectivity index (χ0v) is 9.45. The highest BCUT2D eigenvalue weighted by Crippen LogP contribution is 2.52. The van der Waals surface area contributed by atoms with Gasteiger partial charge in [0.25, 0.3) is 0 Å². The maximum atomic E-state index is 12.4. The van der Waals surface area contributed by atoms with Gasteiger partial charge in [-0.3, -0.25) is 4.79 Å². The van der Waals surface area contributed by atoms with Gasteiger partial charge in [-0.15, -0.1) is 0 Å². The second kappa shape index (κ2) is 2.73. The van der Waals surface area contributed by atoms with Crippen LogP contribution in [-0.2, 0) is 9.53 Å². The molecule has 3 atom stereocenters. The van der Waals surface area contributed by atoms with Gasteiger partial charge in [0.05, 0.1) is 23.0 Å². The molecular formula is C13H18O2. The second-order valence-electron chi connectivity index (χ2n) is 5.74. The summed E-state index contributed by atoms with van der Waals surface area (Å²) in [7, 11) is 0. The minimum absolute atomic E-state index is 0.0133. The third-order valence-corrected chi connectivity index (χ3v) is 4.46. The van der Waals surface area contributed by atoms with Gasteiger partial charge in [-0.1, -0.05) is 38.8 Å². The van der Waals surface area contributed by atoms with Gasteiger partial charge in [0.15, 0.2) is 0 Å². The number of carbonyl (C=O) groups excluding carboxylic acids is 1. The Morgan fingerprint density at radius 3 is 3.00 bits per heavy atom. The Morgan fingerprint density at radius 1 is 1.40 bits per heavy atom. The zero-order chi connectivity index (χ0) is 10.7. The molecule has 0 aromatic carbocycles. The highest BCUT2D eigenvalue weighted by molar-refractivity contribution is 5.90. The van der Waals surface area contributed by atoms with E-state index in [1.807, 2.05) is 13.8 Å². The van der Waals surface area contributed by atoms with Crippen LogP contribution >= 0.6 is 0 Å². The van der Waals surface area contributed by atoms with Gasteiger partial charge in [0.1, 0.15) is 5.78 Å². The minimum atomic E-state index is -0.321. The van der Waals surface area contributed by atoms with Gasteiger partial charge in [-0.2, -0.15) is 0 Å². The fourth-order valence-corrected chi connectivity index (χ4v) is 3.40. The van der Waals surface area contributed by atoms with Crippen molar-refractivity contribution in [3.63, 3.8) is 0 Å². The van der Waals surface area contributed by atoms with Crippen molar-refractivity contribution in [1.29, 1.82) is 0 Å². The first-order chi connectivity index (χ1) is 7.06. The van der Waals surface area contributed by atoms with Crippen molar-refractivity contribution in [2.75, 3.05) is 0 Å². The first-order valence-electron chi connectivity index (χ1n) is 5.98. The Bertz CT molecular complexity index is 342. The summed E-state index contributed by atoms with van der Waals surface area (Å²) < 4.78 is 6.14. The third kappa shape index (κ3) is 1.06. The number of fused-ring (bicyclic) bond motifs is 1. The Labute approximate surface area is 90.7 Å². The van der Waals surface area contributed by atoms with E-state index in [-0.39, 0.29) is 23.0 Å². The van der Waals surface area contributed by atoms with Gasteiger partial charge in [-0.05, 0) is 12.8 Å². The summed E-state index contributed by atoms with van der Waals surface area (Å²) in [6.45, 7) is 4.04. The lowest BCUT2D eigenvalue weighted by atomic mass is 9.65. The van der Waals surface area contributed by atoms with Crippen LogP contribution in [0.25, 0.3) is 0 Å². The molecule has 1 saturated heterocycles.